The predicted octanol–water partition coefficient (Wildman–Crippen LogP) is 5.06. The molecular formula is C18H14Cl2N4O2. The maximum atomic E-state index is 11.5. The van der Waals surface area contributed by atoms with Gasteiger partial charge in [-0.05, 0) is 42.5 Å². The van der Waals surface area contributed by atoms with Crippen LogP contribution in [-0.2, 0) is 4.74 Å². The molecule has 0 unspecified atom stereocenters. The molecule has 2 N–H and O–H groups in total. The van der Waals surface area contributed by atoms with E-state index in [1.54, 1.807) is 54.7 Å². The van der Waals surface area contributed by atoms with Crippen LogP contribution < -0.4 is 10.6 Å². The lowest BCUT2D eigenvalue weighted by molar-refractivity contribution is 0.0601. The number of halogens is 2. The van der Waals surface area contributed by atoms with Gasteiger partial charge in [0.1, 0.15) is 5.82 Å². The highest BCUT2D eigenvalue weighted by atomic mass is 35.5. The highest BCUT2D eigenvalue weighted by Crippen LogP contribution is 2.31. The van der Waals surface area contributed by atoms with Gasteiger partial charge in [0.25, 0.3) is 0 Å². The van der Waals surface area contributed by atoms with Crippen LogP contribution in [0.1, 0.15) is 10.4 Å². The molecule has 2 aromatic carbocycles. The van der Waals surface area contributed by atoms with Gasteiger partial charge in [0.15, 0.2) is 0 Å². The first-order valence-corrected chi connectivity index (χ1v) is 8.32. The van der Waals surface area contributed by atoms with E-state index in [1.165, 1.54) is 7.11 Å². The molecular weight excluding hydrogens is 375 g/mol. The average molecular weight is 389 g/mol. The maximum absolute atomic E-state index is 11.5. The number of aromatic nitrogens is 2. The smallest absolute Gasteiger partial charge is 0.337 e. The number of methoxy groups -OCH3 is 1. The summed E-state index contributed by atoms with van der Waals surface area (Å²) in [6.07, 6.45) is 1.61. The molecule has 0 saturated carbocycles. The zero-order valence-corrected chi connectivity index (χ0v) is 15.2. The first-order chi connectivity index (χ1) is 12.6. The third kappa shape index (κ3) is 4.22. The fourth-order valence-electron chi connectivity index (χ4n) is 2.16. The quantitative estimate of drug-likeness (QED) is 0.595. The Balaban J connectivity index is 1.75. The van der Waals surface area contributed by atoms with Crippen molar-refractivity contribution in [1.82, 2.24) is 9.97 Å². The number of rotatable bonds is 5. The summed E-state index contributed by atoms with van der Waals surface area (Å²) in [5.41, 5.74) is 1.84. The van der Waals surface area contributed by atoms with Gasteiger partial charge in [-0.1, -0.05) is 29.3 Å². The third-order valence-corrected chi connectivity index (χ3v) is 4.25. The van der Waals surface area contributed by atoms with E-state index in [0.29, 0.717) is 33.1 Å². The van der Waals surface area contributed by atoms with E-state index in [4.69, 9.17) is 23.2 Å². The lowest BCUT2D eigenvalue weighted by Gasteiger charge is -2.10. The van der Waals surface area contributed by atoms with Crippen molar-refractivity contribution in [2.75, 3.05) is 17.7 Å². The van der Waals surface area contributed by atoms with E-state index in [1.807, 2.05) is 0 Å². The van der Waals surface area contributed by atoms with E-state index in [0.717, 1.165) is 5.69 Å². The van der Waals surface area contributed by atoms with Gasteiger partial charge < -0.3 is 15.4 Å². The lowest BCUT2D eigenvalue weighted by atomic mass is 10.2. The number of hydrogen-bond donors (Lipinski definition) is 2. The van der Waals surface area contributed by atoms with Gasteiger partial charge in [-0.3, -0.25) is 0 Å². The molecule has 0 amide bonds. The second kappa shape index (κ2) is 8.03. The molecule has 0 aliphatic carbocycles. The molecule has 0 aliphatic rings. The van der Waals surface area contributed by atoms with Crippen molar-refractivity contribution in [3.63, 3.8) is 0 Å². The summed E-state index contributed by atoms with van der Waals surface area (Å²) in [5, 5.41) is 7.04. The summed E-state index contributed by atoms with van der Waals surface area (Å²) in [7, 11) is 1.34. The average Bonchev–Trinajstić information content (AvgIpc) is 2.66. The van der Waals surface area contributed by atoms with Crippen LogP contribution in [-0.4, -0.2) is 23.0 Å². The summed E-state index contributed by atoms with van der Waals surface area (Å²) in [5.74, 6) is 0.550. The van der Waals surface area contributed by atoms with Crippen LogP contribution in [0.4, 0.5) is 23.1 Å². The van der Waals surface area contributed by atoms with Crippen molar-refractivity contribution in [1.29, 1.82) is 0 Å². The Morgan fingerprint density at radius 1 is 1.04 bits per heavy atom. The number of benzene rings is 2. The molecule has 1 aromatic heterocycles. The van der Waals surface area contributed by atoms with Crippen molar-refractivity contribution < 1.29 is 9.53 Å². The summed E-state index contributed by atoms with van der Waals surface area (Å²) in [6, 6.07) is 13.8. The van der Waals surface area contributed by atoms with Gasteiger partial charge in [0, 0.05) is 11.9 Å². The van der Waals surface area contributed by atoms with E-state index in [-0.39, 0.29) is 0 Å². The van der Waals surface area contributed by atoms with Crippen molar-refractivity contribution in [3.05, 3.63) is 70.3 Å². The van der Waals surface area contributed by atoms with Crippen molar-refractivity contribution >= 4 is 52.3 Å². The highest BCUT2D eigenvalue weighted by Gasteiger charge is 2.07. The molecule has 0 radical (unpaired) electrons. The summed E-state index contributed by atoms with van der Waals surface area (Å²) in [4.78, 5) is 20.0. The molecule has 1 heterocycles. The Labute approximate surface area is 160 Å². The topological polar surface area (TPSA) is 76.1 Å². The zero-order chi connectivity index (χ0) is 18.5. The van der Waals surface area contributed by atoms with Gasteiger partial charge in [-0.2, -0.15) is 4.98 Å². The molecule has 8 heteroatoms. The molecule has 0 atom stereocenters. The predicted molar refractivity (Wildman–Crippen MR) is 103 cm³/mol. The standard InChI is InChI=1S/C18H14Cl2N4O2/c1-26-17(25)11-5-7-12(8-6-11)22-18-21-10-9-15(24-18)23-14-4-2-3-13(19)16(14)20/h2-10H,1H3,(H2,21,22,23,24). The molecule has 0 bridgehead atoms. The van der Waals surface area contributed by atoms with Crippen LogP contribution in [0, 0.1) is 0 Å². The minimum atomic E-state index is -0.391. The van der Waals surface area contributed by atoms with Crippen molar-refractivity contribution in [2.45, 2.75) is 0 Å². The fourth-order valence-corrected chi connectivity index (χ4v) is 2.51. The van der Waals surface area contributed by atoms with E-state index in [2.05, 4.69) is 25.3 Å². The van der Waals surface area contributed by atoms with Gasteiger partial charge in [0.2, 0.25) is 5.95 Å². The number of nitrogens with zero attached hydrogens (tertiary/aromatic N) is 2. The molecule has 26 heavy (non-hydrogen) atoms. The Bertz CT molecular complexity index is 933. The Hall–Kier alpha value is -2.83. The first-order valence-electron chi connectivity index (χ1n) is 7.56. The van der Waals surface area contributed by atoms with Crippen LogP contribution in [0.3, 0.4) is 0 Å². The largest absolute Gasteiger partial charge is 0.465 e. The number of carbonyl (C=O) groups excluding carboxylic acids is 1. The van der Waals surface area contributed by atoms with Crippen LogP contribution >= 0.6 is 23.2 Å². The summed E-state index contributed by atoms with van der Waals surface area (Å²) < 4.78 is 4.67. The highest BCUT2D eigenvalue weighted by molar-refractivity contribution is 6.43. The third-order valence-electron chi connectivity index (χ3n) is 3.43. The number of esters is 1. The van der Waals surface area contributed by atoms with E-state index in [9.17, 15) is 4.79 Å². The maximum Gasteiger partial charge on any atom is 0.337 e. The van der Waals surface area contributed by atoms with Gasteiger partial charge in [0.05, 0.1) is 28.4 Å². The monoisotopic (exact) mass is 388 g/mol. The fraction of sp³-hybridized carbons (Fsp3) is 0.0556. The minimum absolute atomic E-state index is 0.388. The number of ether oxygens (including phenoxy) is 1. The van der Waals surface area contributed by atoms with Crippen LogP contribution in [0.2, 0.25) is 10.0 Å². The van der Waals surface area contributed by atoms with Gasteiger partial charge >= 0.3 is 5.97 Å². The Kier molecular flexibility index (Phi) is 5.55. The molecule has 0 aliphatic heterocycles. The SMILES string of the molecule is COC(=O)c1ccc(Nc2nccc(Nc3cccc(Cl)c3Cl)n2)cc1. The molecule has 3 aromatic rings. The second-order valence-electron chi connectivity index (χ2n) is 5.19. The number of anilines is 4. The first kappa shape index (κ1) is 18.0. The number of nitrogens with one attached hydrogen (secondary N) is 2. The molecule has 0 fully saturated rings. The number of carbonyl (C=O) groups is 1. The second-order valence-corrected chi connectivity index (χ2v) is 5.97. The van der Waals surface area contributed by atoms with E-state index >= 15 is 0 Å². The molecule has 0 saturated heterocycles. The van der Waals surface area contributed by atoms with Crippen LogP contribution in [0.15, 0.2) is 54.7 Å². The van der Waals surface area contributed by atoms with Crippen molar-refractivity contribution in [3.8, 4) is 0 Å². The zero-order valence-electron chi connectivity index (χ0n) is 13.7. The summed E-state index contributed by atoms with van der Waals surface area (Å²) >= 11 is 12.2. The molecule has 6 nitrogen and oxygen atoms in total. The van der Waals surface area contributed by atoms with Gasteiger partial charge in [-0.15, -0.1) is 0 Å². The Morgan fingerprint density at radius 2 is 1.81 bits per heavy atom. The van der Waals surface area contributed by atoms with Crippen LogP contribution in [0.5, 0.6) is 0 Å². The van der Waals surface area contributed by atoms with E-state index < -0.39 is 5.97 Å². The molecule has 132 valence electrons. The summed E-state index contributed by atoms with van der Waals surface area (Å²) in [6.45, 7) is 0. The molecule has 3 rings (SSSR count). The van der Waals surface area contributed by atoms with Crippen LogP contribution in [0.25, 0.3) is 0 Å². The number of hydrogen-bond acceptors (Lipinski definition) is 6. The normalized spacial score (nSPS) is 10.3. The van der Waals surface area contributed by atoms with Crippen molar-refractivity contribution in [2.24, 2.45) is 0 Å². The van der Waals surface area contributed by atoms with Gasteiger partial charge in [-0.25, -0.2) is 9.78 Å². The Morgan fingerprint density at radius 3 is 2.54 bits per heavy atom. The lowest BCUT2D eigenvalue weighted by Crippen LogP contribution is -2.02. The minimum Gasteiger partial charge on any atom is -0.465 e. The molecule has 0 spiro atoms.